The van der Waals surface area contributed by atoms with Gasteiger partial charge in [-0.1, -0.05) is 158 Å². The molecule has 0 fully saturated rings. The largest absolute Gasteiger partial charge is 0.456 e. The van der Waals surface area contributed by atoms with Crippen LogP contribution in [0.3, 0.4) is 0 Å². The van der Waals surface area contributed by atoms with E-state index in [1.54, 1.807) is 0 Å². The molecule has 0 bridgehead atoms. The molecule has 7 heterocycles. The van der Waals surface area contributed by atoms with Crippen LogP contribution in [-0.2, 0) is 0 Å². The Hall–Kier alpha value is -12.5. The van der Waals surface area contributed by atoms with Gasteiger partial charge in [0.15, 0.2) is 0 Å². The van der Waals surface area contributed by atoms with Gasteiger partial charge in [-0.3, -0.25) is 0 Å². The SMILES string of the molecule is c1ccc(-c2ccc3c(c2)c2c(N(c4ccc5c(c4)oc4ccccc45)c4cccc5c4sc4cc6ccccc6cc45)ccc4c5c6ccc7c8ccc(N(c9ccc%10c(c9)oc9ccccc9%10)c9cccc%10c9sc9cc%11ccccc%11cc9%10)cc8oc7c6ccc5n3c42)cc1. The lowest BCUT2D eigenvalue weighted by Gasteiger charge is -2.27. The molecule has 7 aromatic heterocycles. The van der Waals surface area contributed by atoms with Crippen LogP contribution in [0.5, 0.6) is 0 Å². The molecule has 98 heavy (non-hydrogen) atoms. The first-order valence-corrected chi connectivity index (χ1v) is 34.9. The molecule has 8 heteroatoms. The molecule has 16 aromatic carbocycles. The third kappa shape index (κ3) is 7.34. The number of fused-ring (bicyclic) bond motifs is 26. The summed E-state index contributed by atoms with van der Waals surface area (Å²) in [5.74, 6) is 0. The van der Waals surface area contributed by atoms with Crippen molar-refractivity contribution in [1.82, 2.24) is 4.40 Å². The molecule has 0 unspecified atom stereocenters. The van der Waals surface area contributed by atoms with Crippen molar-refractivity contribution in [3.63, 3.8) is 0 Å². The lowest BCUT2D eigenvalue weighted by Crippen LogP contribution is -2.10. The number of thiophene rings is 2. The lowest BCUT2D eigenvalue weighted by molar-refractivity contribution is 0.668. The predicted octanol–water partition coefficient (Wildman–Crippen LogP) is 27.3. The molecule has 0 radical (unpaired) electrons. The van der Waals surface area contributed by atoms with E-state index in [-0.39, 0.29) is 0 Å². The van der Waals surface area contributed by atoms with Crippen molar-refractivity contribution in [2.45, 2.75) is 0 Å². The van der Waals surface area contributed by atoms with Gasteiger partial charge >= 0.3 is 0 Å². The molecule has 0 N–H and O–H groups in total. The molecule has 454 valence electrons. The monoisotopic (exact) mass is 1280 g/mol. The molecule has 0 aliphatic rings. The molecule has 23 aromatic rings. The van der Waals surface area contributed by atoms with Gasteiger partial charge in [0, 0.05) is 125 Å². The van der Waals surface area contributed by atoms with Gasteiger partial charge < -0.3 is 27.5 Å². The Balaban J connectivity index is 0.749. The topological polar surface area (TPSA) is 50.3 Å². The van der Waals surface area contributed by atoms with Crippen LogP contribution in [0.2, 0.25) is 0 Å². The van der Waals surface area contributed by atoms with E-state index in [2.05, 4.69) is 305 Å². The second kappa shape index (κ2) is 19.6. The van der Waals surface area contributed by atoms with Gasteiger partial charge in [0.1, 0.15) is 33.5 Å². The lowest BCUT2D eigenvalue weighted by atomic mass is 9.98. The highest BCUT2D eigenvalue weighted by molar-refractivity contribution is 7.27. The quantitative estimate of drug-likeness (QED) is 0.159. The molecule has 23 rings (SSSR count). The third-order valence-electron chi connectivity index (χ3n) is 21.0. The number of aromatic nitrogens is 1. The average Bonchev–Trinajstić information content (AvgIpc) is 1.52. The molecule has 0 saturated heterocycles. The number of benzene rings is 16. The first-order valence-electron chi connectivity index (χ1n) is 33.3. The molecule has 0 aliphatic carbocycles. The summed E-state index contributed by atoms with van der Waals surface area (Å²) in [7, 11) is 0. The fourth-order valence-electron chi connectivity index (χ4n) is 16.6. The van der Waals surface area contributed by atoms with E-state index in [0.717, 1.165) is 122 Å². The maximum atomic E-state index is 7.35. The Morgan fingerprint density at radius 3 is 1.36 bits per heavy atom. The Bertz CT molecular complexity index is 7410. The van der Waals surface area contributed by atoms with Gasteiger partial charge in [0.05, 0.1) is 43.0 Å². The van der Waals surface area contributed by atoms with Crippen molar-refractivity contribution in [1.29, 1.82) is 0 Å². The summed E-state index contributed by atoms with van der Waals surface area (Å²) in [5, 5.41) is 23.4. The predicted molar refractivity (Wildman–Crippen MR) is 416 cm³/mol. The summed E-state index contributed by atoms with van der Waals surface area (Å²) in [5.41, 5.74) is 17.2. The average molecular weight is 1280 g/mol. The Morgan fingerprint density at radius 2 is 0.724 bits per heavy atom. The van der Waals surface area contributed by atoms with Gasteiger partial charge in [-0.2, -0.15) is 0 Å². The van der Waals surface area contributed by atoms with Crippen molar-refractivity contribution in [3.8, 4) is 11.1 Å². The van der Waals surface area contributed by atoms with E-state index in [1.165, 1.54) is 100 Å². The van der Waals surface area contributed by atoms with Crippen LogP contribution in [0, 0.1) is 0 Å². The maximum absolute atomic E-state index is 7.35. The van der Waals surface area contributed by atoms with Crippen molar-refractivity contribution in [3.05, 3.63) is 297 Å². The minimum atomic E-state index is 0.816. The number of anilines is 6. The van der Waals surface area contributed by atoms with Gasteiger partial charge in [-0.05, 0) is 159 Å². The number of hydrogen-bond donors (Lipinski definition) is 0. The van der Waals surface area contributed by atoms with Gasteiger partial charge in [0.25, 0.3) is 0 Å². The van der Waals surface area contributed by atoms with Crippen molar-refractivity contribution < 1.29 is 13.3 Å². The van der Waals surface area contributed by atoms with Crippen LogP contribution >= 0.6 is 22.7 Å². The summed E-state index contributed by atoms with van der Waals surface area (Å²) in [6, 6.07) is 109. The number of nitrogens with zero attached hydrogens (tertiary/aromatic N) is 3. The minimum Gasteiger partial charge on any atom is -0.456 e. The standard InChI is InChI=1S/C90H49N3O3S2/c1-2-14-50(15-3-1)55-28-39-73-72(44-55)86-75(92(58-31-33-62-60-21-9-11-27-79(60)95-81(62)49-58)77-25-13-23-68-71-43-52-17-5-7-19-54(52)46-84(71)98-90(68)77)41-38-69-85-64-35-36-65-63-34-30-57(48-82(63)96-88(65)66(64)37-40-74(85)93(73)87(69)86)91(56-29-32-61-59-20-8-10-26-78(59)94-80(61)47-56)76-24-12-22-67-70-42-51-16-4-6-18-53(51)45-83(70)97-89(67)76/h1-49H. The van der Waals surface area contributed by atoms with E-state index in [9.17, 15) is 0 Å². The molecule has 6 nitrogen and oxygen atoms in total. The zero-order valence-electron chi connectivity index (χ0n) is 52.2. The first-order chi connectivity index (χ1) is 48.5. The molecule has 0 aliphatic heterocycles. The normalized spacial score (nSPS) is 12.5. The molecule has 0 saturated carbocycles. The zero-order chi connectivity index (χ0) is 63.6. The zero-order valence-corrected chi connectivity index (χ0v) is 53.8. The van der Waals surface area contributed by atoms with E-state index in [0.29, 0.717) is 0 Å². The third-order valence-corrected chi connectivity index (χ3v) is 23.4. The Labute approximate surface area is 565 Å². The van der Waals surface area contributed by atoms with E-state index in [1.807, 2.05) is 28.7 Å². The van der Waals surface area contributed by atoms with Gasteiger partial charge in [-0.25, -0.2) is 0 Å². The number of hydrogen-bond acceptors (Lipinski definition) is 7. The van der Waals surface area contributed by atoms with E-state index in [4.69, 9.17) is 13.3 Å². The minimum absolute atomic E-state index is 0.816. The van der Waals surface area contributed by atoms with Crippen molar-refractivity contribution in [2.75, 3.05) is 9.80 Å². The van der Waals surface area contributed by atoms with E-state index >= 15 is 0 Å². The molecule has 0 atom stereocenters. The highest BCUT2D eigenvalue weighted by Crippen LogP contribution is 2.54. The number of furan rings is 3. The van der Waals surface area contributed by atoms with Crippen LogP contribution < -0.4 is 9.80 Å². The van der Waals surface area contributed by atoms with E-state index < -0.39 is 0 Å². The summed E-state index contributed by atoms with van der Waals surface area (Å²) < 4.78 is 28.2. The smallest absolute Gasteiger partial charge is 0.143 e. The Kier molecular flexibility index (Phi) is 10.6. The molecular formula is C90H49N3O3S2. The Morgan fingerprint density at radius 1 is 0.255 bits per heavy atom. The summed E-state index contributed by atoms with van der Waals surface area (Å²) >= 11 is 3.72. The second-order valence-corrected chi connectivity index (χ2v) is 28.3. The van der Waals surface area contributed by atoms with Crippen LogP contribution in [0.4, 0.5) is 34.1 Å². The summed E-state index contributed by atoms with van der Waals surface area (Å²) in [4.78, 5) is 4.90. The fourth-order valence-corrected chi connectivity index (χ4v) is 19.1. The highest BCUT2D eigenvalue weighted by atomic mass is 32.1. The summed E-state index contributed by atoms with van der Waals surface area (Å²) in [6.07, 6.45) is 0. The maximum Gasteiger partial charge on any atom is 0.143 e. The molecule has 0 spiro atoms. The highest BCUT2D eigenvalue weighted by Gasteiger charge is 2.29. The number of rotatable bonds is 7. The van der Waals surface area contributed by atoms with Crippen molar-refractivity contribution >= 4 is 233 Å². The van der Waals surface area contributed by atoms with Crippen LogP contribution in [-0.4, -0.2) is 4.40 Å². The molecular weight excluding hydrogens is 1240 g/mol. The summed E-state index contributed by atoms with van der Waals surface area (Å²) in [6.45, 7) is 0. The second-order valence-electron chi connectivity index (χ2n) is 26.2. The molecule has 0 amide bonds. The van der Waals surface area contributed by atoms with Gasteiger partial charge in [0.2, 0.25) is 0 Å². The van der Waals surface area contributed by atoms with Gasteiger partial charge in [-0.15, -0.1) is 22.7 Å². The van der Waals surface area contributed by atoms with Crippen molar-refractivity contribution in [2.24, 2.45) is 0 Å². The fraction of sp³-hybridized carbons (Fsp3) is 0. The van der Waals surface area contributed by atoms with Crippen LogP contribution in [0.15, 0.2) is 311 Å². The van der Waals surface area contributed by atoms with Crippen LogP contribution in [0.25, 0.3) is 188 Å². The number of para-hydroxylation sites is 2. The first kappa shape index (κ1) is 52.9. The van der Waals surface area contributed by atoms with Crippen LogP contribution in [0.1, 0.15) is 0 Å².